The van der Waals surface area contributed by atoms with Gasteiger partial charge in [-0.25, -0.2) is 4.39 Å². The topological polar surface area (TPSA) is 20.2 Å². The lowest BCUT2D eigenvalue weighted by Gasteiger charge is -2.14. The first kappa shape index (κ1) is 11.7. The Hall–Kier alpha value is -1.36. The first-order valence-electron chi connectivity index (χ1n) is 4.03. The minimum absolute atomic E-state index is 0.530. The second-order valence-electron chi connectivity index (χ2n) is 2.91. The van der Waals surface area contributed by atoms with Gasteiger partial charge in [0.1, 0.15) is 5.82 Å². The van der Waals surface area contributed by atoms with Crippen LogP contribution in [0.25, 0.3) is 0 Å². The minimum Gasteiger partial charge on any atom is -0.384 e. The van der Waals surface area contributed by atoms with Crippen LogP contribution < -0.4 is 0 Å². The van der Waals surface area contributed by atoms with Crippen molar-refractivity contribution in [2.24, 2.45) is 0 Å². The molecule has 1 N–H and O–H groups in total. The molecule has 1 nitrogen and oxygen atoms in total. The number of hydrogen-bond donors (Lipinski definition) is 1. The molecule has 0 aromatic heterocycles. The average Bonchev–Trinajstić information content (AvgIpc) is 2.14. The zero-order chi connectivity index (χ0) is 11.6. The summed E-state index contributed by atoms with van der Waals surface area (Å²) >= 11 is 0. The van der Waals surface area contributed by atoms with E-state index in [2.05, 4.69) is 6.58 Å². The number of aliphatic hydroxyl groups excluding tert-OH is 1. The van der Waals surface area contributed by atoms with E-state index in [4.69, 9.17) is 0 Å². The smallest absolute Gasteiger partial charge is 0.384 e. The van der Waals surface area contributed by atoms with Gasteiger partial charge < -0.3 is 5.11 Å². The fourth-order valence-corrected chi connectivity index (χ4v) is 1.16. The Kier molecular flexibility index (Phi) is 3.14. The first-order chi connectivity index (χ1) is 6.86. The fraction of sp³-hybridized carbons (Fsp3) is 0.200. The van der Waals surface area contributed by atoms with Gasteiger partial charge in [-0.1, -0.05) is 6.08 Å². The Morgan fingerprint density at radius 2 is 1.93 bits per heavy atom. The van der Waals surface area contributed by atoms with Crippen LogP contribution in [0.4, 0.5) is 17.6 Å². The van der Waals surface area contributed by atoms with Gasteiger partial charge in [-0.3, -0.25) is 0 Å². The molecule has 1 aromatic carbocycles. The normalized spacial score (nSPS) is 13.7. The molecule has 0 fully saturated rings. The molecule has 82 valence electrons. The highest BCUT2D eigenvalue weighted by molar-refractivity contribution is 5.33. The van der Waals surface area contributed by atoms with E-state index < -0.39 is 29.2 Å². The third-order valence-corrected chi connectivity index (χ3v) is 1.86. The summed E-state index contributed by atoms with van der Waals surface area (Å²) in [5, 5.41) is 9.21. The van der Waals surface area contributed by atoms with Crippen LogP contribution in [0.3, 0.4) is 0 Å². The van der Waals surface area contributed by atoms with E-state index in [1.165, 1.54) is 0 Å². The molecule has 1 unspecified atom stereocenters. The second kappa shape index (κ2) is 4.02. The van der Waals surface area contributed by atoms with Gasteiger partial charge in [0, 0.05) is 0 Å². The lowest BCUT2D eigenvalue weighted by Crippen LogP contribution is -2.11. The van der Waals surface area contributed by atoms with E-state index in [0.717, 1.165) is 6.08 Å². The standard InChI is InChI=1S/C10H8F4O/c1-2-9(15)7-5-6(11)3-4-8(7)10(12,13)14/h2-5,9,15H,1H2. The molecule has 0 amide bonds. The van der Waals surface area contributed by atoms with Crippen LogP contribution >= 0.6 is 0 Å². The lowest BCUT2D eigenvalue weighted by molar-refractivity contribution is -0.139. The summed E-state index contributed by atoms with van der Waals surface area (Å²) in [6.07, 6.45) is -5.24. The summed E-state index contributed by atoms with van der Waals surface area (Å²) in [6, 6.07) is 1.94. The maximum Gasteiger partial charge on any atom is 0.416 e. The molecule has 1 aromatic rings. The van der Waals surface area contributed by atoms with Gasteiger partial charge in [0.05, 0.1) is 11.7 Å². The van der Waals surface area contributed by atoms with Gasteiger partial charge in [-0.15, -0.1) is 6.58 Å². The predicted octanol–water partition coefficient (Wildman–Crippen LogP) is 3.06. The zero-order valence-corrected chi connectivity index (χ0v) is 7.55. The summed E-state index contributed by atoms with van der Waals surface area (Å²) in [7, 11) is 0. The van der Waals surface area contributed by atoms with Crippen molar-refractivity contribution >= 4 is 0 Å². The van der Waals surface area contributed by atoms with Gasteiger partial charge in [-0.2, -0.15) is 13.2 Å². The van der Waals surface area contributed by atoms with Crippen LogP contribution in [0.1, 0.15) is 17.2 Å². The lowest BCUT2D eigenvalue weighted by atomic mass is 10.0. The Labute approximate surface area is 83.7 Å². The van der Waals surface area contributed by atoms with Crippen LogP contribution in [0.2, 0.25) is 0 Å². The van der Waals surface area contributed by atoms with Crippen LogP contribution in [0, 0.1) is 5.82 Å². The molecule has 0 heterocycles. The number of hydrogen-bond acceptors (Lipinski definition) is 1. The van der Waals surface area contributed by atoms with E-state index in [9.17, 15) is 22.7 Å². The van der Waals surface area contributed by atoms with Crippen molar-refractivity contribution < 1.29 is 22.7 Å². The Morgan fingerprint density at radius 3 is 2.40 bits per heavy atom. The van der Waals surface area contributed by atoms with Gasteiger partial charge in [0.25, 0.3) is 0 Å². The molecule has 15 heavy (non-hydrogen) atoms. The molecule has 0 aliphatic carbocycles. The Morgan fingerprint density at radius 1 is 1.33 bits per heavy atom. The highest BCUT2D eigenvalue weighted by Crippen LogP contribution is 2.35. The van der Waals surface area contributed by atoms with E-state index in [0.29, 0.717) is 18.2 Å². The van der Waals surface area contributed by atoms with E-state index in [1.54, 1.807) is 0 Å². The molecule has 0 bridgehead atoms. The molecule has 0 radical (unpaired) electrons. The fourth-order valence-electron chi connectivity index (χ4n) is 1.16. The van der Waals surface area contributed by atoms with Crippen molar-refractivity contribution in [1.29, 1.82) is 0 Å². The molecule has 1 atom stereocenters. The number of alkyl halides is 3. The highest BCUT2D eigenvalue weighted by atomic mass is 19.4. The molecule has 5 heteroatoms. The van der Waals surface area contributed by atoms with Gasteiger partial charge in [0.2, 0.25) is 0 Å². The summed E-state index contributed by atoms with van der Waals surface area (Å²) in [6.45, 7) is 3.15. The quantitative estimate of drug-likeness (QED) is 0.599. The molecule has 0 spiro atoms. The summed E-state index contributed by atoms with van der Waals surface area (Å²) in [4.78, 5) is 0. The Balaban J connectivity index is 3.33. The zero-order valence-electron chi connectivity index (χ0n) is 7.55. The first-order valence-corrected chi connectivity index (χ1v) is 4.03. The van der Waals surface area contributed by atoms with Crippen LogP contribution in [-0.2, 0) is 6.18 Å². The number of rotatable bonds is 2. The maximum absolute atomic E-state index is 12.7. The van der Waals surface area contributed by atoms with Crippen LogP contribution in [-0.4, -0.2) is 5.11 Å². The molecule has 0 saturated carbocycles. The highest BCUT2D eigenvalue weighted by Gasteiger charge is 2.34. The average molecular weight is 220 g/mol. The molecule has 0 aliphatic heterocycles. The number of benzene rings is 1. The third kappa shape index (κ3) is 2.56. The Bertz CT molecular complexity index is 370. The molecule has 0 aliphatic rings. The summed E-state index contributed by atoms with van der Waals surface area (Å²) < 4.78 is 49.9. The van der Waals surface area contributed by atoms with Gasteiger partial charge in [0.15, 0.2) is 0 Å². The second-order valence-corrected chi connectivity index (χ2v) is 2.91. The van der Waals surface area contributed by atoms with Gasteiger partial charge >= 0.3 is 6.18 Å². The van der Waals surface area contributed by atoms with Crippen molar-refractivity contribution in [3.63, 3.8) is 0 Å². The monoisotopic (exact) mass is 220 g/mol. The van der Waals surface area contributed by atoms with E-state index in [-0.39, 0.29) is 0 Å². The van der Waals surface area contributed by atoms with Crippen LogP contribution in [0.15, 0.2) is 30.9 Å². The molecule has 0 saturated heterocycles. The van der Waals surface area contributed by atoms with Crippen molar-refractivity contribution in [2.75, 3.05) is 0 Å². The van der Waals surface area contributed by atoms with Crippen molar-refractivity contribution in [2.45, 2.75) is 12.3 Å². The molecular formula is C10H8F4O. The number of aliphatic hydroxyl groups is 1. The largest absolute Gasteiger partial charge is 0.416 e. The van der Waals surface area contributed by atoms with E-state index >= 15 is 0 Å². The molecular weight excluding hydrogens is 212 g/mol. The maximum atomic E-state index is 12.7. The van der Waals surface area contributed by atoms with E-state index in [1.807, 2.05) is 0 Å². The van der Waals surface area contributed by atoms with Gasteiger partial charge in [-0.05, 0) is 23.8 Å². The molecule has 1 rings (SSSR count). The summed E-state index contributed by atoms with van der Waals surface area (Å²) in [5.74, 6) is -0.834. The number of halogens is 4. The van der Waals surface area contributed by atoms with Crippen molar-refractivity contribution in [3.8, 4) is 0 Å². The summed E-state index contributed by atoms with van der Waals surface area (Å²) in [5.41, 5.74) is -1.59. The SMILES string of the molecule is C=CC(O)c1cc(F)ccc1C(F)(F)F. The third-order valence-electron chi connectivity index (χ3n) is 1.86. The predicted molar refractivity (Wildman–Crippen MR) is 46.6 cm³/mol. The minimum atomic E-state index is -4.62. The van der Waals surface area contributed by atoms with Crippen molar-refractivity contribution in [1.82, 2.24) is 0 Å². The van der Waals surface area contributed by atoms with Crippen molar-refractivity contribution in [3.05, 3.63) is 47.8 Å². The van der Waals surface area contributed by atoms with Crippen LogP contribution in [0.5, 0.6) is 0 Å².